The summed E-state index contributed by atoms with van der Waals surface area (Å²) in [6.07, 6.45) is 4.79. The maximum absolute atomic E-state index is 14.1. The highest BCUT2D eigenvalue weighted by molar-refractivity contribution is 5.63. The predicted molar refractivity (Wildman–Crippen MR) is 92.6 cm³/mol. The van der Waals surface area contributed by atoms with Crippen LogP contribution in [-0.4, -0.2) is 10.2 Å². The van der Waals surface area contributed by atoms with Crippen molar-refractivity contribution >= 4 is 0 Å². The van der Waals surface area contributed by atoms with Crippen molar-refractivity contribution < 1.29 is 13.5 Å². The molecule has 0 unspecified atom stereocenters. The molecular formula is C21H14F2N2O. The number of hydrogen-bond donors (Lipinski definition) is 0. The van der Waals surface area contributed by atoms with E-state index in [1.54, 1.807) is 6.07 Å². The first-order valence-electron chi connectivity index (χ1n) is 8.42. The average Bonchev–Trinajstić information content (AvgIpc) is 3.19. The Morgan fingerprint density at radius 1 is 0.962 bits per heavy atom. The zero-order chi connectivity index (χ0) is 17.7. The molecule has 1 aromatic heterocycles. The fourth-order valence-electron chi connectivity index (χ4n) is 3.83. The first-order valence-corrected chi connectivity index (χ1v) is 8.42. The summed E-state index contributed by atoms with van der Waals surface area (Å²) in [4.78, 5) is 0. The second kappa shape index (κ2) is 5.46. The van der Waals surface area contributed by atoms with Crippen LogP contribution in [-0.2, 0) is 5.60 Å². The van der Waals surface area contributed by atoms with Crippen molar-refractivity contribution in [3.63, 3.8) is 0 Å². The van der Waals surface area contributed by atoms with Crippen molar-refractivity contribution in [2.24, 2.45) is 0 Å². The minimum atomic E-state index is -0.666. The van der Waals surface area contributed by atoms with E-state index < -0.39 is 17.2 Å². The molecule has 2 aliphatic carbocycles. The van der Waals surface area contributed by atoms with E-state index in [2.05, 4.69) is 16.3 Å². The lowest BCUT2D eigenvalue weighted by atomic mass is 9.98. The van der Waals surface area contributed by atoms with Gasteiger partial charge in [0.25, 0.3) is 0 Å². The van der Waals surface area contributed by atoms with E-state index >= 15 is 0 Å². The summed E-state index contributed by atoms with van der Waals surface area (Å²) in [5.41, 5.74) is 1.02. The molecule has 0 saturated heterocycles. The number of fused-ring (bicyclic) bond motifs is 5. The molecular weight excluding hydrogens is 334 g/mol. The molecule has 2 atom stereocenters. The van der Waals surface area contributed by atoms with Gasteiger partial charge in [0.15, 0.2) is 5.60 Å². The number of rotatable bonds is 3. The van der Waals surface area contributed by atoms with Gasteiger partial charge in [-0.25, -0.2) is 8.78 Å². The van der Waals surface area contributed by atoms with Crippen LogP contribution in [0.2, 0.25) is 0 Å². The minimum Gasteiger partial charge on any atom is -0.477 e. The molecule has 1 heterocycles. The quantitative estimate of drug-likeness (QED) is 0.641. The van der Waals surface area contributed by atoms with Crippen LogP contribution < -0.4 is 4.74 Å². The molecule has 5 rings (SSSR count). The van der Waals surface area contributed by atoms with Crippen LogP contribution in [0.15, 0.2) is 66.7 Å². The Labute approximate surface area is 149 Å². The van der Waals surface area contributed by atoms with Crippen molar-refractivity contribution in [3.8, 4) is 17.0 Å². The number of halogens is 2. The van der Waals surface area contributed by atoms with Gasteiger partial charge in [-0.1, -0.05) is 30.3 Å². The molecule has 0 saturated carbocycles. The summed E-state index contributed by atoms with van der Waals surface area (Å²) in [6, 6.07) is 15.0. The second-order valence-electron chi connectivity index (χ2n) is 6.60. The van der Waals surface area contributed by atoms with Gasteiger partial charge in [0.1, 0.15) is 23.1 Å². The highest BCUT2D eigenvalue weighted by Crippen LogP contribution is 2.52. The Hall–Kier alpha value is -3.08. The van der Waals surface area contributed by atoms with E-state index in [9.17, 15) is 8.78 Å². The van der Waals surface area contributed by atoms with Crippen molar-refractivity contribution in [1.82, 2.24) is 10.2 Å². The van der Waals surface area contributed by atoms with Crippen LogP contribution in [0.3, 0.4) is 0 Å². The molecule has 0 spiro atoms. The molecule has 128 valence electrons. The first-order chi connectivity index (χ1) is 12.7. The van der Waals surface area contributed by atoms with Crippen molar-refractivity contribution in [2.45, 2.75) is 17.9 Å². The van der Waals surface area contributed by atoms with E-state index in [-0.39, 0.29) is 17.2 Å². The Balaban J connectivity index is 1.58. The van der Waals surface area contributed by atoms with Gasteiger partial charge in [-0.3, -0.25) is 0 Å². The molecule has 26 heavy (non-hydrogen) atoms. The Morgan fingerprint density at radius 2 is 1.73 bits per heavy atom. The SMILES string of the molecule is Fc1cccc(F)c1-c1cc2c(nn1)[C@@]1(Oc3ccccc3)C=C[C@@H]2C1. The molecule has 0 aliphatic heterocycles. The van der Waals surface area contributed by atoms with Gasteiger partial charge in [-0.15, -0.1) is 5.10 Å². The highest BCUT2D eigenvalue weighted by Gasteiger charge is 2.49. The zero-order valence-corrected chi connectivity index (χ0v) is 13.7. The minimum absolute atomic E-state index is 0.109. The Kier molecular flexibility index (Phi) is 3.19. The molecule has 3 aromatic rings. The largest absolute Gasteiger partial charge is 0.477 e. The van der Waals surface area contributed by atoms with E-state index in [1.807, 2.05) is 36.4 Å². The third-order valence-electron chi connectivity index (χ3n) is 5.01. The summed E-state index contributed by atoms with van der Waals surface area (Å²) >= 11 is 0. The lowest BCUT2D eigenvalue weighted by molar-refractivity contribution is 0.121. The Morgan fingerprint density at radius 3 is 2.50 bits per heavy atom. The van der Waals surface area contributed by atoms with Gasteiger partial charge >= 0.3 is 0 Å². The summed E-state index contributed by atoms with van der Waals surface area (Å²) in [6.45, 7) is 0. The van der Waals surface area contributed by atoms with E-state index in [0.717, 1.165) is 17.7 Å². The van der Waals surface area contributed by atoms with Crippen molar-refractivity contribution in [1.29, 1.82) is 0 Å². The van der Waals surface area contributed by atoms with Gasteiger partial charge in [0.05, 0.1) is 11.3 Å². The highest BCUT2D eigenvalue weighted by atomic mass is 19.1. The van der Waals surface area contributed by atoms with Gasteiger partial charge in [-0.2, -0.15) is 5.10 Å². The van der Waals surface area contributed by atoms with Gasteiger partial charge in [0, 0.05) is 12.3 Å². The lowest BCUT2D eigenvalue weighted by Gasteiger charge is -2.26. The van der Waals surface area contributed by atoms with Crippen LogP contribution in [0.4, 0.5) is 8.78 Å². The number of ether oxygens (including phenoxy) is 1. The monoisotopic (exact) mass is 348 g/mol. The van der Waals surface area contributed by atoms with Gasteiger partial charge in [0.2, 0.25) is 0 Å². The molecule has 0 amide bonds. The average molecular weight is 348 g/mol. The molecule has 2 bridgehead atoms. The standard InChI is InChI=1S/C21H14F2N2O/c22-16-7-4-8-17(23)19(16)18-11-15-13-9-10-21(12-13,20(15)25-24-18)26-14-5-2-1-3-6-14/h1-11,13H,12H2/t13-,21-/m1/s1. The fourth-order valence-corrected chi connectivity index (χ4v) is 3.83. The number of nitrogens with zero attached hydrogens (tertiary/aromatic N) is 2. The summed E-state index contributed by atoms with van der Waals surface area (Å²) < 4.78 is 34.4. The van der Waals surface area contributed by atoms with Crippen LogP contribution in [0.1, 0.15) is 23.6 Å². The van der Waals surface area contributed by atoms with Crippen molar-refractivity contribution in [2.75, 3.05) is 0 Å². The van der Waals surface area contributed by atoms with E-state index in [1.165, 1.54) is 18.2 Å². The maximum Gasteiger partial charge on any atom is 0.172 e. The van der Waals surface area contributed by atoms with Crippen LogP contribution in [0.5, 0.6) is 5.75 Å². The predicted octanol–water partition coefficient (Wildman–Crippen LogP) is 4.75. The zero-order valence-electron chi connectivity index (χ0n) is 13.7. The van der Waals surface area contributed by atoms with E-state index in [0.29, 0.717) is 5.69 Å². The van der Waals surface area contributed by atoms with Crippen LogP contribution >= 0.6 is 0 Å². The third kappa shape index (κ3) is 2.17. The smallest absolute Gasteiger partial charge is 0.172 e. The normalized spacial score (nSPS) is 22.5. The summed E-state index contributed by atoms with van der Waals surface area (Å²) in [5, 5.41) is 8.41. The molecule has 5 heteroatoms. The van der Waals surface area contributed by atoms with Gasteiger partial charge < -0.3 is 4.74 Å². The molecule has 3 nitrogen and oxygen atoms in total. The van der Waals surface area contributed by atoms with Gasteiger partial charge in [-0.05, 0) is 42.0 Å². The lowest BCUT2D eigenvalue weighted by Crippen LogP contribution is -2.28. The number of benzene rings is 2. The van der Waals surface area contributed by atoms with Crippen LogP contribution in [0, 0.1) is 11.6 Å². The number of para-hydroxylation sites is 1. The Bertz CT molecular complexity index is 1020. The summed E-state index contributed by atoms with van der Waals surface area (Å²) in [5.74, 6) is -0.434. The number of allylic oxidation sites excluding steroid dienone is 1. The van der Waals surface area contributed by atoms with Crippen molar-refractivity contribution in [3.05, 3.63) is 89.6 Å². The number of aromatic nitrogens is 2. The van der Waals surface area contributed by atoms with Crippen LogP contribution in [0.25, 0.3) is 11.3 Å². The second-order valence-corrected chi connectivity index (χ2v) is 6.60. The van der Waals surface area contributed by atoms with E-state index in [4.69, 9.17) is 4.74 Å². The molecule has 2 aliphatic rings. The maximum atomic E-state index is 14.1. The topological polar surface area (TPSA) is 35.0 Å². The molecule has 0 fully saturated rings. The summed E-state index contributed by atoms with van der Waals surface area (Å²) in [7, 11) is 0. The molecule has 0 N–H and O–H groups in total. The number of hydrogen-bond acceptors (Lipinski definition) is 3. The fraction of sp³-hybridized carbons (Fsp3) is 0.143. The molecule has 2 aromatic carbocycles. The first kappa shape index (κ1) is 15.2. The molecule has 0 radical (unpaired) electrons. The third-order valence-corrected chi connectivity index (χ3v) is 5.01.